The van der Waals surface area contributed by atoms with Gasteiger partial charge < -0.3 is 15.3 Å². The first-order valence-corrected chi connectivity index (χ1v) is 13.0. The number of rotatable bonds is 6. The number of hydrogen-bond donors (Lipinski definition) is 2. The molecule has 0 aliphatic carbocycles. The van der Waals surface area contributed by atoms with Gasteiger partial charge in [-0.25, -0.2) is 4.79 Å². The lowest BCUT2D eigenvalue weighted by Crippen LogP contribution is -2.40. The Bertz CT molecular complexity index is 1560. The van der Waals surface area contributed by atoms with Gasteiger partial charge in [-0.05, 0) is 83.8 Å². The Kier molecular flexibility index (Phi) is 7.47. The summed E-state index contributed by atoms with van der Waals surface area (Å²) in [5.41, 5.74) is 3.59. The molecule has 0 atom stereocenters. The molecule has 4 aromatic rings. The summed E-state index contributed by atoms with van der Waals surface area (Å²) < 4.78 is 38.6. The van der Waals surface area contributed by atoms with E-state index < -0.39 is 17.7 Å². The maximum Gasteiger partial charge on any atom is 0.416 e. The maximum atomic E-state index is 13.0. The molecule has 9 heteroatoms. The summed E-state index contributed by atoms with van der Waals surface area (Å²) in [5, 5.41) is 14.4. The molecule has 0 bridgehead atoms. The van der Waals surface area contributed by atoms with Crippen LogP contribution in [0.25, 0.3) is 21.9 Å². The lowest BCUT2D eigenvalue weighted by molar-refractivity contribution is -0.137. The van der Waals surface area contributed by atoms with Crippen molar-refractivity contribution in [3.05, 3.63) is 95.3 Å². The number of halogens is 3. The van der Waals surface area contributed by atoms with Gasteiger partial charge in [-0.1, -0.05) is 24.3 Å². The number of piperidine rings is 1. The van der Waals surface area contributed by atoms with Crippen molar-refractivity contribution in [2.45, 2.75) is 32.5 Å². The van der Waals surface area contributed by atoms with Crippen LogP contribution >= 0.6 is 0 Å². The quantitative estimate of drug-likeness (QED) is 0.290. The van der Waals surface area contributed by atoms with E-state index in [1.807, 2.05) is 29.2 Å². The van der Waals surface area contributed by atoms with E-state index in [-0.39, 0.29) is 17.4 Å². The molecule has 3 aromatic carbocycles. The van der Waals surface area contributed by atoms with Gasteiger partial charge in [-0.3, -0.25) is 9.78 Å². The number of aromatic carboxylic acids is 1. The number of alkyl halides is 3. The molecule has 0 saturated carbocycles. The van der Waals surface area contributed by atoms with Gasteiger partial charge in [0.15, 0.2) is 0 Å². The van der Waals surface area contributed by atoms with Gasteiger partial charge in [-0.2, -0.15) is 13.2 Å². The zero-order valence-electron chi connectivity index (χ0n) is 21.8. The highest BCUT2D eigenvalue weighted by atomic mass is 19.4. The van der Waals surface area contributed by atoms with Gasteiger partial charge in [0, 0.05) is 49.0 Å². The zero-order valence-corrected chi connectivity index (χ0v) is 21.8. The Morgan fingerprint density at radius 3 is 2.38 bits per heavy atom. The topological polar surface area (TPSA) is 82.5 Å². The van der Waals surface area contributed by atoms with Gasteiger partial charge in [0.2, 0.25) is 5.91 Å². The summed E-state index contributed by atoms with van der Waals surface area (Å²) in [6.07, 6.45) is 0.282. The number of fused-ring (bicyclic) bond motifs is 1. The van der Waals surface area contributed by atoms with Crippen molar-refractivity contribution < 1.29 is 27.9 Å². The van der Waals surface area contributed by atoms with Crippen LogP contribution in [-0.4, -0.2) is 35.1 Å². The van der Waals surface area contributed by atoms with E-state index >= 15 is 0 Å². The third-order valence-electron chi connectivity index (χ3n) is 7.64. The number of carbonyl (C=O) groups excluding carboxylic acids is 1. The second-order valence-electron chi connectivity index (χ2n) is 10.0. The normalized spacial score (nSPS) is 14.3. The summed E-state index contributed by atoms with van der Waals surface area (Å²) >= 11 is 0. The molecular formula is C31H28F3N3O3. The Labute approximate surface area is 229 Å². The minimum Gasteiger partial charge on any atom is -0.478 e. The SMILES string of the molecule is Cc1c(C(=O)O)cccc1-c1ccc(CNC(=O)C2CCN(c3ccc(C(F)(F)F)cc3)CC2)c2cnccc12. The van der Waals surface area contributed by atoms with Crippen LogP contribution in [0.15, 0.2) is 73.1 Å². The number of carboxylic acids is 1. The second kappa shape index (κ2) is 11.0. The number of anilines is 1. The van der Waals surface area contributed by atoms with Crippen LogP contribution in [0.4, 0.5) is 18.9 Å². The third kappa shape index (κ3) is 5.50. The minimum atomic E-state index is -4.37. The van der Waals surface area contributed by atoms with Crippen molar-refractivity contribution in [3.63, 3.8) is 0 Å². The van der Waals surface area contributed by atoms with Crippen LogP contribution in [0.3, 0.4) is 0 Å². The molecule has 1 aliphatic rings. The van der Waals surface area contributed by atoms with E-state index in [0.29, 0.717) is 38.0 Å². The van der Waals surface area contributed by atoms with E-state index in [4.69, 9.17) is 0 Å². The number of hydrogen-bond acceptors (Lipinski definition) is 4. The molecule has 1 saturated heterocycles. The van der Waals surface area contributed by atoms with Crippen molar-refractivity contribution in [1.82, 2.24) is 10.3 Å². The predicted molar refractivity (Wildman–Crippen MR) is 147 cm³/mol. The number of amides is 1. The molecule has 0 radical (unpaired) electrons. The molecule has 206 valence electrons. The molecule has 5 rings (SSSR count). The average molecular weight is 548 g/mol. The number of nitrogens with one attached hydrogen (secondary N) is 1. The summed E-state index contributed by atoms with van der Waals surface area (Å²) in [5.74, 6) is -1.22. The molecule has 2 heterocycles. The van der Waals surface area contributed by atoms with E-state index in [0.717, 1.165) is 45.3 Å². The van der Waals surface area contributed by atoms with E-state index in [1.165, 1.54) is 12.1 Å². The fourth-order valence-electron chi connectivity index (χ4n) is 5.38. The lowest BCUT2D eigenvalue weighted by atomic mass is 9.91. The molecule has 2 N–H and O–H groups in total. The van der Waals surface area contributed by atoms with E-state index in [2.05, 4.69) is 10.3 Å². The average Bonchev–Trinajstić information content (AvgIpc) is 2.95. The van der Waals surface area contributed by atoms with Crippen LogP contribution < -0.4 is 10.2 Å². The number of aromatic nitrogens is 1. The highest BCUT2D eigenvalue weighted by Gasteiger charge is 2.31. The Balaban J connectivity index is 1.26. The number of nitrogens with zero attached hydrogens (tertiary/aromatic N) is 2. The minimum absolute atomic E-state index is 0.0572. The zero-order chi connectivity index (χ0) is 28.4. The molecule has 1 amide bonds. The first-order valence-electron chi connectivity index (χ1n) is 13.0. The van der Waals surface area contributed by atoms with Crippen molar-refractivity contribution in [2.24, 2.45) is 5.92 Å². The van der Waals surface area contributed by atoms with Crippen LogP contribution in [0.5, 0.6) is 0 Å². The molecule has 1 fully saturated rings. The molecule has 0 spiro atoms. The van der Waals surface area contributed by atoms with Gasteiger partial charge >= 0.3 is 12.1 Å². The summed E-state index contributed by atoms with van der Waals surface area (Å²) in [7, 11) is 0. The predicted octanol–water partition coefficient (Wildman–Crippen LogP) is 6.46. The number of carboxylic acid groups (broad SMARTS) is 1. The lowest BCUT2D eigenvalue weighted by Gasteiger charge is -2.33. The maximum absolute atomic E-state index is 13.0. The van der Waals surface area contributed by atoms with Crippen LogP contribution in [0, 0.1) is 12.8 Å². The molecule has 1 aromatic heterocycles. The summed E-state index contributed by atoms with van der Waals surface area (Å²) in [4.78, 5) is 30.9. The van der Waals surface area contributed by atoms with Gasteiger partial charge in [0.25, 0.3) is 0 Å². The first-order chi connectivity index (χ1) is 19.1. The van der Waals surface area contributed by atoms with Crippen molar-refractivity contribution in [3.8, 4) is 11.1 Å². The monoisotopic (exact) mass is 547 g/mol. The van der Waals surface area contributed by atoms with Crippen molar-refractivity contribution >= 4 is 28.3 Å². The highest BCUT2D eigenvalue weighted by Crippen LogP contribution is 2.34. The summed E-state index contributed by atoms with van der Waals surface area (Å²) in [6, 6.07) is 16.1. The van der Waals surface area contributed by atoms with Gasteiger partial charge in [0.1, 0.15) is 0 Å². The molecular weight excluding hydrogens is 519 g/mol. The van der Waals surface area contributed by atoms with Crippen LogP contribution in [0.1, 0.15) is 39.9 Å². The number of carbonyl (C=O) groups is 2. The highest BCUT2D eigenvalue weighted by molar-refractivity contribution is 6.01. The Hall–Kier alpha value is -4.40. The van der Waals surface area contributed by atoms with E-state index in [1.54, 1.807) is 31.5 Å². The summed E-state index contributed by atoms with van der Waals surface area (Å²) in [6.45, 7) is 3.27. The number of pyridine rings is 1. The second-order valence-corrected chi connectivity index (χ2v) is 10.0. The molecule has 6 nitrogen and oxygen atoms in total. The smallest absolute Gasteiger partial charge is 0.416 e. The van der Waals surface area contributed by atoms with Crippen LogP contribution in [-0.2, 0) is 17.5 Å². The third-order valence-corrected chi connectivity index (χ3v) is 7.64. The van der Waals surface area contributed by atoms with Crippen molar-refractivity contribution in [1.29, 1.82) is 0 Å². The Morgan fingerprint density at radius 2 is 1.70 bits per heavy atom. The largest absolute Gasteiger partial charge is 0.478 e. The van der Waals surface area contributed by atoms with Gasteiger partial charge in [0.05, 0.1) is 11.1 Å². The van der Waals surface area contributed by atoms with Crippen LogP contribution in [0.2, 0.25) is 0 Å². The standard InChI is InChI=1S/C31H28F3N3O3/c1-19-24(3-2-4-25(19)30(39)40)26-10-5-21(28-18-35-14-11-27(26)28)17-36-29(38)20-12-15-37(16-13-20)23-8-6-22(7-9-23)31(32,33)34/h2-11,14,18,20H,12-13,15-17H2,1H3,(H,36,38)(H,39,40). The first kappa shape index (κ1) is 27.2. The fraction of sp³-hybridized carbons (Fsp3) is 0.258. The molecule has 0 unspecified atom stereocenters. The molecule has 40 heavy (non-hydrogen) atoms. The fourth-order valence-corrected chi connectivity index (χ4v) is 5.38. The number of benzene rings is 3. The Morgan fingerprint density at radius 1 is 0.975 bits per heavy atom. The van der Waals surface area contributed by atoms with Crippen molar-refractivity contribution in [2.75, 3.05) is 18.0 Å². The molecule has 1 aliphatic heterocycles. The van der Waals surface area contributed by atoms with E-state index in [9.17, 15) is 27.9 Å². The van der Waals surface area contributed by atoms with Gasteiger partial charge in [-0.15, -0.1) is 0 Å².